The van der Waals surface area contributed by atoms with Crippen molar-refractivity contribution in [3.63, 3.8) is 0 Å². The number of nitrogens with one attached hydrogen (secondary N) is 2. The number of aromatic carboxylic acids is 1. The van der Waals surface area contributed by atoms with E-state index >= 15 is 0 Å². The molecule has 6 nitrogen and oxygen atoms in total. The molecule has 3 N–H and O–H groups in total. The normalized spacial score (nSPS) is 11.5. The molecule has 102 valence electrons. The highest BCUT2D eigenvalue weighted by molar-refractivity contribution is 7.81. The third-order valence-electron chi connectivity index (χ3n) is 2.23. The van der Waals surface area contributed by atoms with E-state index in [1.807, 2.05) is 0 Å². The lowest BCUT2D eigenvalue weighted by Crippen LogP contribution is -2.22. The predicted octanol–water partition coefficient (Wildman–Crippen LogP) is 1.60. The van der Waals surface area contributed by atoms with Gasteiger partial charge in [0.25, 0.3) is 0 Å². The molecule has 0 heterocycles. The van der Waals surface area contributed by atoms with Gasteiger partial charge in [-0.05, 0) is 19.1 Å². The third-order valence-corrected chi connectivity index (χ3v) is 2.47. The van der Waals surface area contributed by atoms with E-state index < -0.39 is 23.0 Å². The van der Waals surface area contributed by atoms with Gasteiger partial charge in [0.2, 0.25) is 11.8 Å². The first-order chi connectivity index (χ1) is 8.82. The summed E-state index contributed by atoms with van der Waals surface area (Å²) in [5, 5.41) is 13.4. The number of benzene rings is 1. The molecule has 0 fully saturated rings. The van der Waals surface area contributed by atoms with Crippen LogP contribution < -0.4 is 10.6 Å². The van der Waals surface area contributed by atoms with Crippen molar-refractivity contribution in [1.82, 2.24) is 0 Å². The molecule has 1 aromatic carbocycles. The zero-order valence-corrected chi connectivity index (χ0v) is 11.3. The number of carboxylic acids is 1. The van der Waals surface area contributed by atoms with E-state index in [4.69, 9.17) is 5.11 Å². The monoisotopic (exact) mass is 282 g/mol. The largest absolute Gasteiger partial charge is 0.478 e. The fourth-order valence-electron chi connectivity index (χ4n) is 1.38. The SMILES string of the molecule is CC(=O)Nc1c(NC(=O)[C@@H](C)S)cccc1C(=O)O. The van der Waals surface area contributed by atoms with Gasteiger partial charge >= 0.3 is 5.97 Å². The lowest BCUT2D eigenvalue weighted by Gasteiger charge is -2.14. The van der Waals surface area contributed by atoms with Gasteiger partial charge in [0.05, 0.1) is 22.2 Å². The van der Waals surface area contributed by atoms with E-state index in [-0.39, 0.29) is 16.9 Å². The molecule has 1 atom stereocenters. The molecule has 0 spiro atoms. The van der Waals surface area contributed by atoms with E-state index in [0.717, 1.165) is 0 Å². The summed E-state index contributed by atoms with van der Waals surface area (Å²) in [5.41, 5.74) is 0.186. The fourth-order valence-corrected chi connectivity index (χ4v) is 1.45. The number of para-hydroxylation sites is 1. The summed E-state index contributed by atoms with van der Waals surface area (Å²) in [7, 11) is 0. The van der Waals surface area contributed by atoms with Gasteiger partial charge in [0, 0.05) is 6.92 Å². The second kappa shape index (κ2) is 6.24. The van der Waals surface area contributed by atoms with Crippen LogP contribution in [0.5, 0.6) is 0 Å². The highest BCUT2D eigenvalue weighted by Crippen LogP contribution is 2.26. The highest BCUT2D eigenvalue weighted by Gasteiger charge is 2.17. The van der Waals surface area contributed by atoms with Crippen LogP contribution in [0.15, 0.2) is 18.2 Å². The molecule has 19 heavy (non-hydrogen) atoms. The van der Waals surface area contributed by atoms with Crippen LogP contribution in [-0.4, -0.2) is 28.1 Å². The first-order valence-corrected chi connectivity index (χ1v) is 5.97. The predicted molar refractivity (Wildman–Crippen MR) is 74.8 cm³/mol. The van der Waals surface area contributed by atoms with Crippen molar-refractivity contribution in [2.24, 2.45) is 0 Å². The van der Waals surface area contributed by atoms with Crippen LogP contribution in [-0.2, 0) is 9.59 Å². The Morgan fingerprint density at radius 1 is 1.26 bits per heavy atom. The Balaban J connectivity index is 3.22. The lowest BCUT2D eigenvalue weighted by molar-refractivity contribution is -0.116. The smallest absolute Gasteiger partial charge is 0.337 e. The Morgan fingerprint density at radius 3 is 2.37 bits per heavy atom. The number of anilines is 2. The van der Waals surface area contributed by atoms with E-state index in [1.54, 1.807) is 6.92 Å². The molecule has 0 radical (unpaired) electrons. The Labute approximate surface area is 115 Å². The van der Waals surface area contributed by atoms with Crippen molar-refractivity contribution in [2.75, 3.05) is 10.6 Å². The first-order valence-electron chi connectivity index (χ1n) is 5.45. The Hall–Kier alpha value is -2.02. The molecule has 0 bridgehead atoms. The van der Waals surface area contributed by atoms with Crippen molar-refractivity contribution >= 4 is 41.8 Å². The first kappa shape index (κ1) is 15.0. The maximum absolute atomic E-state index is 11.6. The minimum Gasteiger partial charge on any atom is -0.478 e. The zero-order chi connectivity index (χ0) is 14.6. The van der Waals surface area contributed by atoms with Crippen molar-refractivity contribution in [1.29, 1.82) is 0 Å². The van der Waals surface area contributed by atoms with Gasteiger partial charge in [0.15, 0.2) is 0 Å². The lowest BCUT2D eigenvalue weighted by atomic mass is 10.1. The maximum atomic E-state index is 11.6. The molecule has 0 unspecified atom stereocenters. The minimum absolute atomic E-state index is 0.0600. The molecule has 0 saturated heterocycles. The van der Waals surface area contributed by atoms with Crippen molar-refractivity contribution in [3.8, 4) is 0 Å². The van der Waals surface area contributed by atoms with Crippen molar-refractivity contribution < 1.29 is 19.5 Å². The van der Waals surface area contributed by atoms with Crippen LogP contribution in [0.3, 0.4) is 0 Å². The van der Waals surface area contributed by atoms with Gasteiger partial charge in [-0.2, -0.15) is 12.6 Å². The van der Waals surface area contributed by atoms with Crippen LogP contribution in [0.2, 0.25) is 0 Å². The van der Waals surface area contributed by atoms with Gasteiger partial charge in [-0.25, -0.2) is 4.79 Å². The van der Waals surface area contributed by atoms with Gasteiger partial charge in [0.1, 0.15) is 0 Å². The second-order valence-corrected chi connectivity index (χ2v) is 4.65. The molecular formula is C12H14N2O4S. The molecule has 2 amide bonds. The van der Waals surface area contributed by atoms with Crippen LogP contribution in [0.25, 0.3) is 0 Å². The molecule has 0 aliphatic heterocycles. The van der Waals surface area contributed by atoms with Crippen LogP contribution in [0.4, 0.5) is 11.4 Å². The summed E-state index contributed by atoms with van der Waals surface area (Å²) >= 11 is 3.98. The molecule has 0 saturated carbocycles. The van der Waals surface area contributed by atoms with E-state index in [2.05, 4.69) is 23.3 Å². The number of hydrogen-bond donors (Lipinski definition) is 4. The summed E-state index contributed by atoms with van der Waals surface area (Å²) in [6.07, 6.45) is 0. The average molecular weight is 282 g/mol. The fraction of sp³-hybridized carbons (Fsp3) is 0.250. The third kappa shape index (κ3) is 3.99. The number of carboxylic acid groups (broad SMARTS) is 1. The molecule has 1 rings (SSSR count). The molecule has 7 heteroatoms. The Morgan fingerprint density at radius 2 is 1.89 bits per heavy atom. The molecular weight excluding hydrogens is 268 g/mol. The number of thiol groups is 1. The van der Waals surface area contributed by atoms with E-state index in [1.165, 1.54) is 25.1 Å². The van der Waals surface area contributed by atoms with Gasteiger partial charge < -0.3 is 15.7 Å². The van der Waals surface area contributed by atoms with Gasteiger partial charge in [-0.1, -0.05) is 6.07 Å². The van der Waals surface area contributed by atoms with E-state index in [9.17, 15) is 14.4 Å². The molecule has 0 aliphatic carbocycles. The molecule has 1 aromatic rings. The summed E-state index contributed by atoms with van der Waals surface area (Å²) in [5.74, 6) is -2.01. The standard InChI is InChI=1S/C12H14N2O4S/c1-6(19)11(16)14-9-5-3-4-8(12(17)18)10(9)13-7(2)15/h3-6,19H,1-2H3,(H,13,15)(H,14,16)(H,17,18)/t6-/m1/s1. The summed E-state index contributed by atoms with van der Waals surface area (Å²) in [4.78, 5) is 33.8. The van der Waals surface area contributed by atoms with E-state index in [0.29, 0.717) is 0 Å². The van der Waals surface area contributed by atoms with Gasteiger partial charge in [-0.3, -0.25) is 9.59 Å². The van der Waals surface area contributed by atoms with Crippen molar-refractivity contribution in [3.05, 3.63) is 23.8 Å². The zero-order valence-electron chi connectivity index (χ0n) is 10.4. The van der Waals surface area contributed by atoms with Crippen molar-refractivity contribution in [2.45, 2.75) is 19.1 Å². The van der Waals surface area contributed by atoms with Crippen LogP contribution in [0, 0.1) is 0 Å². The number of carbonyl (C=O) groups is 3. The minimum atomic E-state index is -1.20. The maximum Gasteiger partial charge on any atom is 0.337 e. The number of amides is 2. The Bertz CT molecular complexity index is 528. The second-order valence-electron chi connectivity index (χ2n) is 3.88. The summed E-state index contributed by atoms with van der Waals surface area (Å²) < 4.78 is 0. The summed E-state index contributed by atoms with van der Waals surface area (Å²) in [6.45, 7) is 2.84. The quantitative estimate of drug-likeness (QED) is 0.631. The number of rotatable bonds is 4. The average Bonchev–Trinajstić information content (AvgIpc) is 2.29. The molecule has 0 aliphatic rings. The van der Waals surface area contributed by atoms with Crippen LogP contribution >= 0.6 is 12.6 Å². The Kier molecular flexibility index (Phi) is 4.94. The van der Waals surface area contributed by atoms with Gasteiger partial charge in [-0.15, -0.1) is 0 Å². The summed E-state index contributed by atoms with van der Waals surface area (Å²) in [6, 6.07) is 4.33. The topological polar surface area (TPSA) is 95.5 Å². The number of hydrogen-bond acceptors (Lipinski definition) is 4. The number of carbonyl (C=O) groups excluding carboxylic acids is 2. The van der Waals surface area contributed by atoms with Crippen LogP contribution in [0.1, 0.15) is 24.2 Å². The highest BCUT2D eigenvalue weighted by atomic mass is 32.1. The molecule has 0 aromatic heterocycles.